The Labute approximate surface area is 241 Å². The lowest BCUT2D eigenvalue weighted by atomic mass is 9.86. The molecule has 0 saturated carbocycles. The second-order valence-electron chi connectivity index (χ2n) is 11.1. The Balaban J connectivity index is 1.57. The molecule has 5 N–H and O–H groups in total. The number of rotatable bonds is 8. The highest BCUT2D eigenvalue weighted by molar-refractivity contribution is 6.13. The average molecular weight is 549 g/mol. The SMILES string of the molecule is Cc1ccc(NC(=O)c2ccc(NC(=O)[C@@H](N)Cc3ccccc3)cc2NC(=O)c2ccc(C(C)(C)C)cc2)cc1. The summed E-state index contributed by atoms with van der Waals surface area (Å²) in [6, 6.07) is 28.3. The maximum absolute atomic E-state index is 13.3. The van der Waals surface area contributed by atoms with E-state index in [1.807, 2.05) is 73.7 Å². The predicted molar refractivity (Wildman–Crippen MR) is 165 cm³/mol. The zero-order chi connectivity index (χ0) is 29.6. The Bertz CT molecular complexity index is 1520. The molecule has 0 aromatic heterocycles. The van der Waals surface area contributed by atoms with Crippen LogP contribution in [0.4, 0.5) is 17.1 Å². The third-order valence-electron chi connectivity index (χ3n) is 6.74. The second-order valence-corrected chi connectivity index (χ2v) is 11.1. The number of amides is 3. The molecule has 0 saturated heterocycles. The van der Waals surface area contributed by atoms with Crippen molar-refractivity contribution in [1.82, 2.24) is 0 Å². The summed E-state index contributed by atoms with van der Waals surface area (Å²) in [6.07, 6.45) is 0.373. The monoisotopic (exact) mass is 548 g/mol. The van der Waals surface area contributed by atoms with Crippen LogP contribution in [0.2, 0.25) is 0 Å². The molecule has 7 nitrogen and oxygen atoms in total. The predicted octanol–water partition coefficient (Wildman–Crippen LogP) is 6.31. The summed E-state index contributed by atoms with van der Waals surface area (Å²) < 4.78 is 0. The number of carbonyl (C=O) groups excluding carboxylic acids is 3. The van der Waals surface area contributed by atoms with Gasteiger partial charge in [-0.05, 0) is 72.4 Å². The molecule has 0 fully saturated rings. The van der Waals surface area contributed by atoms with Crippen LogP contribution in [0.5, 0.6) is 0 Å². The third-order valence-corrected chi connectivity index (χ3v) is 6.74. The highest BCUT2D eigenvalue weighted by Gasteiger charge is 2.19. The van der Waals surface area contributed by atoms with Crippen LogP contribution >= 0.6 is 0 Å². The van der Waals surface area contributed by atoms with Crippen molar-refractivity contribution in [3.63, 3.8) is 0 Å². The summed E-state index contributed by atoms with van der Waals surface area (Å²) in [4.78, 5) is 39.4. The van der Waals surface area contributed by atoms with E-state index in [0.29, 0.717) is 23.4 Å². The number of benzene rings is 4. The standard InChI is InChI=1S/C34H36N4O3/c1-22-10-16-26(17-11-22)36-32(40)28-19-18-27(37-33(41)29(35)20-23-8-6-5-7-9-23)21-30(28)38-31(39)24-12-14-25(15-13-24)34(2,3)4/h5-19,21,29H,20,35H2,1-4H3,(H,36,40)(H,37,41)(H,38,39)/t29-/m0/s1. The Morgan fingerprint density at radius 3 is 2.00 bits per heavy atom. The van der Waals surface area contributed by atoms with Crippen LogP contribution in [0.25, 0.3) is 0 Å². The minimum atomic E-state index is -0.777. The van der Waals surface area contributed by atoms with Gasteiger partial charge in [-0.3, -0.25) is 14.4 Å². The highest BCUT2D eigenvalue weighted by Crippen LogP contribution is 2.25. The number of hydrogen-bond donors (Lipinski definition) is 4. The number of nitrogens with one attached hydrogen (secondary N) is 3. The van der Waals surface area contributed by atoms with E-state index in [2.05, 4.69) is 36.7 Å². The first kappa shape index (κ1) is 29.2. The first-order valence-electron chi connectivity index (χ1n) is 13.5. The van der Waals surface area contributed by atoms with Crippen molar-refractivity contribution in [3.8, 4) is 0 Å². The zero-order valence-electron chi connectivity index (χ0n) is 23.8. The summed E-state index contributed by atoms with van der Waals surface area (Å²) in [7, 11) is 0. The van der Waals surface area contributed by atoms with E-state index in [1.165, 1.54) is 0 Å². The lowest BCUT2D eigenvalue weighted by Gasteiger charge is -2.19. The Morgan fingerprint density at radius 1 is 0.732 bits per heavy atom. The molecule has 0 radical (unpaired) electrons. The van der Waals surface area contributed by atoms with Crippen molar-refractivity contribution in [2.24, 2.45) is 5.73 Å². The quantitative estimate of drug-likeness (QED) is 0.207. The van der Waals surface area contributed by atoms with E-state index in [-0.39, 0.29) is 28.5 Å². The van der Waals surface area contributed by atoms with Crippen LogP contribution in [0.1, 0.15) is 58.2 Å². The van der Waals surface area contributed by atoms with Crippen LogP contribution in [-0.4, -0.2) is 23.8 Å². The topological polar surface area (TPSA) is 113 Å². The first-order valence-corrected chi connectivity index (χ1v) is 13.5. The number of nitrogens with two attached hydrogens (primary N) is 1. The molecule has 4 aromatic carbocycles. The third kappa shape index (κ3) is 7.90. The minimum absolute atomic E-state index is 0.0514. The Morgan fingerprint density at radius 2 is 1.37 bits per heavy atom. The molecular weight excluding hydrogens is 512 g/mol. The van der Waals surface area contributed by atoms with Crippen molar-refractivity contribution in [3.05, 3.63) is 125 Å². The first-order chi connectivity index (χ1) is 19.5. The van der Waals surface area contributed by atoms with Gasteiger partial charge in [-0.25, -0.2) is 0 Å². The normalized spacial score (nSPS) is 11.8. The summed E-state index contributed by atoms with van der Waals surface area (Å²) in [5.41, 5.74) is 11.2. The summed E-state index contributed by atoms with van der Waals surface area (Å²) in [6.45, 7) is 8.28. The molecule has 0 aliphatic heterocycles. The molecule has 0 aliphatic carbocycles. The molecule has 0 heterocycles. The summed E-state index contributed by atoms with van der Waals surface area (Å²) in [5, 5.41) is 8.55. The van der Waals surface area contributed by atoms with Crippen molar-refractivity contribution < 1.29 is 14.4 Å². The Hall–Kier alpha value is -4.75. The summed E-state index contributed by atoms with van der Waals surface area (Å²) in [5.74, 6) is -1.15. The van der Waals surface area contributed by atoms with Crippen molar-refractivity contribution in [1.29, 1.82) is 0 Å². The molecule has 1 atom stereocenters. The van der Waals surface area contributed by atoms with Crippen molar-refractivity contribution >= 4 is 34.8 Å². The van der Waals surface area contributed by atoms with Gasteiger partial charge in [-0.15, -0.1) is 0 Å². The lowest BCUT2D eigenvalue weighted by Crippen LogP contribution is -2.37. The Kier molecular flexibility index (Phi) is 9.00. The van der Waals surface area contributed by atoms with Crippen LogP contribution in [-0.2, 0) is 16.6 Å². The van der Waals surface area contributed by atoms with Gasteiger partial charge in [-0.2, -0.15) is 0 Å². The van der Waals surface area contributed by atoms with Gasteiger partial charge in [0.1, 0.15) is 0 Å². The average Bonchev–Trinajstić information content (AvgIpc) is 2.94. The van der Waals surface area contributed by atoms with E-state index in [4.69, 9.17) is 5.73 Å². The van der Waals surface area contributed by atoms with Gasteiger partial charge in [0, 0.05) is 16.9 Å². The van der Waals surface area contributed by atoms with Crippen LogP contribution < -0.4 is 21.7 Å². The fraction of sp³-hybridized carbons (Fsp3) is 0.206. The van der Waals surface area contributed by atoms with Gasteiger partial charge in [0.15, 0.2) is 0 Å². The van der Waals surface area contributed by atoms with Gasteiger partial charge in [-0.1, -0.05) is 80.9 Å². The van der Waals surface area contributed by atoms with E-state index < -0.39 is 11.9 Å². The highest BCUT2D eigenvalue weighted by atomic mass is 16.2. The molecule has 0 bridgehead atoms. The van der Waals surface area contributed by atoms with Gasteiger partial charge in [0.2, 0.25) is 5.91 Å². The number of hydrogen-bond acceptors (Lipinski definition) is 4. The van der Waals surface area contributed by atoms with E-state index in [1.54, 1.807) is 30.3 Å². The van der Waals surface area contributed by atoms with Crippen LogP contribution in [0, 0.1) is 6.92 Å². The van der Waals surface area contributed by atoms with Crippen molar-refractivity contribution in [2.45, 2.75) is 45.6 Å². The largest absolute Gasteiger partial charge is 0.325 e. The van der Waals surface area contributed by atoms with Gasteiger partial charge >= 0.3 is 0 Å². The minimum Gasteiger partial charge on any atom is -0.325 e. The fourth-order valence-electron chi connectivity index (χ4n) is 4.27. The zero-order valence-corrected chi connectivity index (χ0v) is 23.8. The molecule has 0 spiro atoms. The number of carbonyl (C=O) groups is 3. The van der Waals surface area contributed by atoms with Crippen LogP contribution in [0.15, 0.2) is 97.1 Å². The maximum Gasteiger partial charge on any atom is 0.257 e. The molecule has 4 aromatic rings. The fourth-order valence-corrected chi connectivity index (χ4v) is 4.27. The van der Waals surface area contributed by atoms with Gasteiger partial charge in [0.25, 0.3) is 11.8 Å². The molecule has 210 valence electrons. The molecular formula is C34H36N4O3. The van der Waals surface area contributed by atoms with E-state index in [9.17, 15) is 14.4 Å². The van der Waals surface area contributed by atoms with Crippen LogP contribution in [0.3, 0.4) is 0 Å². The van der Waals surface area contributed by atoms with Gasteiger partial charge < -0.3 is 21.7 Å². The number of aryl methyl sites for hydroxylation is 1. The lowest BCUT2D eigenvalue weighted by molar-refractivity contribution is -0.117. The second kappa shape index (κ2) is 12.6. The van der Waals surface area contributed by atoms with E-state index >= 15 is 0 Å². The molecule has 0 aliphatic rings. The molecule has 41 heavy (non-hydrogen) atoms. The summed E-state index contributed by atoms with van der Waals surface area (Å²) >= 11 is 0. The molecule has 7 heteroatoms. The molecule has 4 rings (SSSR count). The van der Waals surface area contributed by atoms with Crippen molar-refractivity contribution in [2.75, 3.05) is 16.0 Å². The van der Waals surface area contributed by atoms with Gasteiger partial charge in [0.05, 0.1) is 17.3 Å². The smallest absolute Gasteiger partial charge is 0.257 e. The number of anilines is 3. The van der Waals surface area contributed by atoms with E-state index in [0.717, 1.165) is 16.7 Å². The molecule has 0 unspecified atom stereocenters. The molecule has 3 amide bonds. The maximum atomic E-state index is 13.3.